The third-order valence-corrected chi connectivity index (χ3v) is 7.86. The van der Waals surface area contributed by atoms with E-state index in [0.717, 1.165) is 39.2 Å². The van der Waals surface area contributed by atoms with Crippen molar-refractivity contribution in [2.24, 2.45) is 11.8 Å². The monoisotopic (exact) mass is 611 g/mol. The number of nitrogens with zero attached hydrogens (tertiary/aromatic N) is 2. The number of methoxy groups -OCH3 is 1. The van der Waals surface area contributed by atoms with Crippen LogP contribution in [0.1, 0.15) is 42.6 Å². The molecule has 1 unspecified atom stereocenters. The van der Waals surface area contributed by atoms with Gasteiger partial charge in [0.05, 0.1) is 30.8 Å². The van der Waals surface area contributed by atoms with Crippen molar-refractivity contribution in [3.63, 3.8) is 0 Å². The normalized spacial score (nSPS) is 14.0. The summed E-state index contributed by atoms with van der Waals surface area (Å²) in [7, 11) is 1.61. The molecule has 2 heterocycles. The highest BCUT2D eigenvalue weighted by molar-refractivity contribution is 5.96. The molecule has 3 N–H and O–H groups in total. The van der Waals surface area contributed by atoms with E-state index in [4.69, 9.17) is 9.47 Å². The highest BCUT2D eigenvalue weighted by Gasteiger charge is 2.31. The number of para-hydroxylation sites is 1. The minimum atomic E-state index is -0.360. The molecule has 5 rings (SSSR count). The van der Waals surface area contributed by atoms with E-state index in [9.17, 15) is 14.4 Å². The molecule has 3 aromatic carbocycles. The average Bonchev–Trinajstić information content (AvgIpc) is 3.49. The zero-order chi connectivity index (χ0) is 31.8. The summed E-state index contributed by atoms with van der Waals surface area (Å²) >= 11 is 0. The van der Waals surface area contributed by atoms with Gasteiger partial charge in [0.2, 0.25) is 11.8 Å². The van der Waals surface area contributed by atoms with Crippen LogP contribution in [0.4, 0.5) is 0 Å². The van der Waals surface area contributed by atoms with Gasteiger partial charge in [-0.05, 0) is 67.1 Å². The summed E-state index contributed by atoms with van der Waals surface area (Å²) in [6.45, 7) is 5.78. The zero-order valence-corrected chi connectivity index (χ0v) is 26.1. The lowest BCUT2D eigenvalue weighted by atomic mass is 9.95. The number of nitrogens with one attached hydrogen (secondary N) is 3. The Hall–Kier alpha value is -4.86. The van der Waals surface area contributed by atoms with E-state index in [0.29, 0.717) is 44.5 Å². The summed E-state index contributed by atoms with van der Waals surface area (Å²) in [6.07, 6.45) is 1.95. The van der Waals surface area contributed by atoms with Gasteiger partial charge in [0.25, 0.3) is 5.91 Å². The van der Waals surface area contributed by atoms with Crippen LogP contribution < -0.4 is 20.1 Å². The first kappa shape index (κ1) is 31.6. The van der Waals surface area contributed by atoms with Crippen molar-refractivity contribution in [3.8, 4) is 22.8 Å². The van der Waals surface area contributed by atoms with Gasteiger partial charge in [-0.15, -0.1) is 0 Å². The number of amides is 3. The minimum absolute atomic E-state index is 0.000712. The van der Waals surface area contributed by atoms with Crippen LogP contribution in [-0.4, -0.2) is 72.7 Å². The molecule has 236 valence electrons. The van der Waals surface area contributed by atoms with E-state index >= 15 is 0 Å². The van der Waals surface area contributed by atoms with E-state index in [-0.39, 0.29) is 42.7 Å². The van der Waals surface area contributed by atoms with Crippen LogP contribution in [0.3, 0.4) is 0 Å². The third kappa shape index (κ3) is 8.00. The Kier molecular flexibility index (Phi) is 10.3. The Balaban J connectivity index is 1.03. The number of ether oxygens (including phenoxy) is 2. The van der Waals surface area contributed by atoms with Crippen LogP contribution in [-0.2, 0) is 16.0 Å². The molecule has 4 aromatic rings. The van der Waals surface area contributed by atoms with Crippen LogP contribution in [0.25, 0.3) is 22.2 Å². The summed E-state index contributed by atoms with van der Waals surface area (Å²) < 4.78 is 11.2. The van der Waals surface area contributed by atoms with Gasteiger partial charge in [-0.25, -0.2) is 0 Å². The van der Waals surface area contributed by atoms with Gasteiger partial charge < -0.3 is 25.0 Å². The van der Waals surface area contributed by atoms with E-state index in [1.165, 1.54) is 0 Å². The molecule has 1 atom stereocenters. The molecule has 1 aliphatic heterocycles. The number of H-pyrrole nitrogens is 1. The van der Waals surface area contributed by atoms with Crippen LogP contribution >= 0.6 is 0 Å². The fourth-order valence-electron chi connectivity index (χ4n) is 5.56. The quantitative estimate of drug-likeness (QED) is 0.190. The number of hydrogen-bond donors (Lipinski definition) is 3. The number of carbonyl (C=O) groups excluding carboxylic acids is 3. The molecule has 10 heteroatoms. The van der Waals surface area contributed by atoms with E-state index in [2.05, 4.69) is 20.8 Å². The van der Waals surface area contributed by atoms with E-state index < -0.39 is 0 Å². The van der Waals surface area contributed by atoms with Gasteiger partial charge in [-0.2, -0.15) is 5.10 Å². The number of aromatic amines is 1. The number of rotatable bonds is 13. The standard InChI is InChI=1S/C35H41N5O5/c1-23(2)20-40(35(43)27-18-26-19-28(44-3)14-15-31(26)45-22-27)21-32(41)36-16-6-7-17-37-34(42)25-12-10-24(11-13-25)33-29-8-4-5-9-30(29)38-39-33/h4-5,8-15,19,23,27H,6-7,16-18,20-22H2,1-3H3,(H,36,41)(H,37,42)(H,38,39). The van der Waals surface area contributed by atoms with Crippen LogP contribution in [0.15, 0.2) is 66.7 Å². The van der Waals surface area contributed by atoms with Crippen LogP contribution in [0, 0.1) is 11.8 Å². The molecule has 0 radical (unpaired) electrons. The molecule has 45 heavy (non-hydrogen) atoms. The zero-order valence-electron chi connectivity index (χ0n) is 26.1. The van der Waals surface area contributed by atoms with Gasteiger partial charge in [0, 0.05) is 36.1 Å². The molecule has 0 saturated heterocycles. The van der Waals surface area contributed by atoms with Gasteiger partial charge in [-0.3, -0.25) is 19.5 Å². The molecule has 3 amide bonds. The number of aromatic nitrogens is 2. The molecule has 0 bridgehead atoms. The molecule has 10 nitrogen and oxygen atoms in total. The average molecular weight is 612 g/mol. The van der Waals surface area contributed by atoms with Crippen molar-refractivity contribution in [1.29, 1.82) is 0 Å². The predicted molar refractivity (Wildman–Crippen MR) is 173 cm³/mol. The Morgan fingerprint density at radius 1 is 1.02 bits per heavy atom. The fraction of sp³-hybridized carbons (Fsp3) is 0.371. The van der Waals surface area contributed by atoms with Crippen molar-refractivity contribution >= 4 is 28.6 Å². The summed E-state index contributed by atoms with van der Waals surface area (Å²) in [5, 5.41) is 14.4. The minimum Gasteiger partial charge on any atom is -0.497 e. The van der Waals surface area contributed by atoms with Crippen molar-refractivity contribution in [3.05, 3.63) is 77.9 Å². The third-order valence-electron chi connectivity index (χ3n) is 7.86. The molecule has 0 aliphatic carbocycles. The smallest absolute Gasteiger partial charge is 0.251 e. The first-order valence-corrected chi connectivity index (χ1v) is 15.5. The second kappa shape index (κ2) is 14.7. The SMILES string of the molecule is COc1ccc2c(c1)CC(C(=O)N(CC(=O)NCCCCNC(=O)c1ccc(-c3n[nH]c4ccccc34)cc1)CC(C)C)CO2. The molecule has 1 aromatic heterocycles. The molecule has 0 fully saturated rings. The second-order valence-corrected chi connectivity index (χ2v) is 11.8. The van der Waals surface area contributed by atoms with Crippen molar-refractivity contribution in [1.82, 2.24) is 25.7 Å². The van der Waals surface area contributed by atoms with Gasteiger partial charge in [0.1, 0.15) is 18.1 Å². The highest BCUT2D eigenvalue weighted by Crippen LogP contribution is 2.31. The van der Waals surface area contributed by atoms with Crippen molar-refractivity contribution in [2.45, 2.75) is 33.1 Å². The first-order valence-electron chi connectivity index (χ1n) is 15.5. The molecular weight excluding hydrogens is 570 g/mol. The lowest BCUT2D eigenvalue weighted by molar-refractivity contribution is -0.141. The lowest BCUT2D eigenvalue weighted by Gasteiger charge is -2.31. The fourth-order valence-corrected chi connectivity index (χ4v) is 5.56. The maximum absolute atomic E-state index is 13.4. The first-order chi connectivity index (χ1) is 21.8. The Labute approximate surface area is 263 Å². The van der Waals surface area contributed by atoms with Crippen LogP contribution in [0.5, 0.6) is 11.5 Å². The van der Waals surface area contributed by atoms with Gasteiger partial charge >= 0.3 is 0 Å². The van der Waals surface area contributed by atoms with Crippen molar-refractivity contribution < 1.29 is 23.9 Å². The topological polar surface area (TPSA) is 126 Å². The van der Waals surface area contributed by atoms with E-state index in [1.54, 1.807) is 24.1 Å². The summed E-state index contributed by atoms with van der Waals surface area (Å²) in [5.41, 5.74) is 4.26. The van der Waals surface area contributed by atoms with Gasteiger partial charge in [0.15, 0.2) is 0 Å². The maximum atomic E-state index is 13.4. The highest BCUT2D eigenvalue weighted by atomic mass is 16.5. The van der Waals surface area contributed by atoms with E-state index in [1.807, 2.05) is 68.4 Å². The lowest BCUT2D eigenvalue weighted by Crippen LogP contribution is -2.47. The van der Waals surface area contributed by atoms with Crippen LogP contribution in [0.2, 0.25) is 0 Å². The predicted octanol–water partition coefficient (Wildman–Crippen LogP) is 4.60. The molecule has 0 spiro atoms. The van der Waals surface area contributed by atoms with Gasteiger partial charge in [-0.1, -0.05) is 44.2 Å². The number of benzene rings is 3. The summed E-state index contributed by atoms with van der Waals surface area (Å²) in [6, 6.07) is 20.9. The number of hydrogen-bond acceptors (Lipinski definition) is 6. The molecular formula is C35H41N5O5. The summed E-state index contributed by atoms with van der Waals surface area (Å²) in [5.74, 6) is 0.911. The Bertz CT molecular complexity index is 1630. The Morgan fingerprint density at radius 2 is 1.78 bits per heavy atom. The summed E-state index contributed by atoms with van der Waals surface area (Å²) in [4.78, 5) is 40.5. The second-order valence-electron chi connectivity index (χ2n) is 11.8. The number of fused-ring (bicyclic) bond motifs is 2. The Morgan fingerprint density at radius 3 is 2.53 bits per heavy atom. The molecule has 1 aliphatic rings. The largest absolute Gasteiger partial charge is 0.497 e. The maximum Gasteiger partial charge on any atom is 0.251 e. The molecule has 0 saturated carbocycles. The number of unbranched alkanes of at least 4 members (excludes halogenated alkanes) is 1. The number of carbonyl (C=O) groups is 3. The van der Waals surface area contributed by atoms with Crippen molar-refractivity contribution in [2.75, 3.05) is 39.9 Å².